The van der Waals surface area contributed by atoms with Crippen LogP contribution in [-0.2, 0) is 4.79 Å². The number of thioether (sulfide) groups is 1. The van der Waals surface area contributed by atoms with Gasteiger partial charge in [-0.1, -0.05) is 11.8 Å². The van der Waals surface area contributed by atoms with Crippen LogP contribution in [0.15, 0.2) is 51.1 Å². The zero-order valence-corrected chi connectivity index (χ0v) is 11.9. The van der Waals surface area contributed by atoms with Gasteiger partial charge in [-0.05, 0) is 41.8 Å². The van der Waals surface area contributed by atoms with E-state index >= 15 is 0 Å². The molecule has 1 amide bonds. The Bertz CT molecular complexity index is 677. The van der Waals surface area contributed by atoms with Gasteiger partial charge in [0.2, 0.25) is 5.91 Å². The van der Waals surface area contributed by atoms with Gasteiger partial charge < -0.3 is 9.73 Å². The SMILES string of the molecule is CC(=O)Nc1ccc(S/C=C/c2ccc([N+](=O)[O-])o2)cc1. The van der Waals surface area contributed by atoms with E-state index in [0.29, 0.717) is 5.76 Å². The van der Waals surface area contributed by atoms with E-state index in [1.165, 1.54) is 30.8 Å². The Labute approximate surface area is 125 Å². The van der Waals surface area contributed by atoms with Crippen LogP contribution in [0.5, 0.6) is 0 Å². The van der Waals surface area contributed by atoms with Crippen LogP contribution in [0.3, 0.4) is 0 Å². The number of hydrogen-bond donors (Lipinski definition) is 1. The van der Waals surface area contributed by atoms with Crippen molar-refractivity contribution in [3.63, 3.8) is 0 Å². The second-order valence-electron chi connectivity index (χ2n) is 4.06. The fourth-order valence-corrected chi connectivity index (χ4v) is 2.18. The van der Waals surface area contributed by atoms with Crippen LogP contribution in [0.4, 0.5) is 11.6 Å². The lowest BCUT2D eigenvalue weighted by Crippen LogP contribution is -2.05. The van der Waals surface area contributed by atoms with Crippen LogP contribution in [0.2, 0.25) is 0 Å². The number of carbonyl (C=O) groups is 1. The summed E-state index contributed by atoms with van der Waals surface area (Å²) in [5.74, 6) is 0.0260. The molecule has 7 heteroatoms. The molecule has 0 spiro atoms. The first kappa shape index (κ1) is 14.9. The molecular formula is C14H12N2O4S. The minimum Gasteiger partial charge on any atom is -0.401 e. The van der Waals surface area contributed by atoms with Gasteiger partial charge in [0.05, 0.1) is 6.07 Å². The van der Waals surface area contributed by atoms with Gasteiger partial charge in [0.15, 0.2) is 0 Å². The van der Waals surface area contributed by atoms with E-state index in [0.717, 1.165) is 10.6 Å². The molecule has 0 atom stereocenters. The molecule has 1 aromatic heterocycles. The van der Waals surface area contributed by atoms with Gasteiger partial charge in [-0.15, -0.1) is 0 Å². The molecule has 108 valence electrons. The third-order valence-electron chi connectivity index (χ3n) is 2.40. The van der Waals surface area contributed by atoms with E-state index in [9.17, 15) is 14.9 Å². The number of amides is 1. The molecule has 21 heavy (non-hydrogen) atoms. The number of carbonyl (C=O) groups excluding carboxylic acids is 1. The first-order valence-corrected chi connectivity index (χ1v) is 6.87. The number of anilines is 1. The Morgan fingerprint density at radius 2 is 2.00 bits per heavy atom. The molecule has 2 aromatic rings. The Hall–Kier alpha value is -2.54. The number of benzene rings is 1. The van der Waals surface area contributed by atoms with Gasteiger partial charge >= 0.3 is 5.88 Å². The standard InChI is InChI=1S/C14H12N2O4S/c1-10(17)15-11-2-5-13(6-3-11)21-9-8-12-4-7-14(20-12)16(18)19/h2-9H,1H3,(H,15,17)/b9-8+. The lowest BCUT2D eigenvalue weighted by molar-refractivity contribution is -0.402. The summed E-state index contributed by atoms with van der Waals surface area (Å²) in [5.41, 5.74) is 0.734. The maximum absolute atomic E-state index is 10.9. The van der Waals surface area contributed by atoms with Crippen molar-refractivity contribution in [2.24, 2.45) is 0 Å². The highest BCUT2D eigenvalue weighted by atomic mass is 32.2. The van der Waals surface area contributed by atoms with E-state index in [-0.39, 0.29) is 11.8 Å². The molecule has 0 aliphatic carbocycles. The summed E-state index contributed by atoms with van der Waals surface area (Å²) in [4.78, 5) is 21.8. The molecule has 2 rings (SSSR count). The summed E-state index contributed by atoms with van der Waals surface area (Å²) >= 11 is 1.44. The van der Waals surface area contributed by atoms with E-state index in [4.69, 9.17) is 4.42 Å². The number of furan rings is 1. The van der Waals surface area contributed by atoms with E-state index in [2.05, 4.69) is 5.32 Å². The topological polar surface area (TPSA) is 85.4 Å². The molecule has 0 aliphatic heterocycles. The van der Waals surface area contributed by atoms with Crippen molar-refractivity contribution < 1.29 is 14.1 Å². The summed E-state index contributed by atoms with van der Waals surface area (Å²) in [6, 6.07) is 10.2. The number of nitrogens with one attached hydrogen (secondary N) is 1. The highest BCUT2D eigenvalue weighted by Crippen LogP contribution is 2.23. The van der Waals surface area contributed by atoms with Gasteiger partial charge in [0, 0.05) is 17.5 Å². The highest BCUT2D eigenvalue weighted by Gasteiger charge is 2.09. The van der Waals surface area contributed by atoms with Crippen LogP contribution >= 0.6 is 11.8 Å². The first-order valence-electron chi connectivity index (χ1n) is 6.00. The van der Waals surface area contributed by atoms with Gasteiger partial charge in [0.25, 0.3) is 0 Å². The Kier molecular flexibility index (Phi) is 4.78. The molecule has 0 radical (unpaired) electrons. The molecular weight excluding hydrogens is 292 g/mol. The Morgan fingerprint density at radius 1 is 1.29 bits per heavy atom. The monoisotopic (exact) mass is 304 g/mol. The van der Waals surface area contributed by atoms with Crippen molar-refractivity contribution >= 4 is 35.3 Å². The molecule has 0 bridgehead atoms. The molecule has 6 nitrogen and oxygen atoms in total. The van der Waals surface area contributed by atoms with Crippen molar-refractivity contribution in [3.8, 4) is 0 Å². The summed E-state index contributed by atoms with van der Waals surface area (Å²) in [7, 11) is 0. The van der Waals surface area contributed by atoms with Crippen molar-refractivity contribution in [1.29, 1.82) is 0 Å². The van der Waals surface area contributed by atoms with Crippen molar-refractivity contribution in [3.05, 3.63) is 57.7 Å². The third-order valence-corrected chi connectivity index (χ3v) is 3.22. The normalized spacial score (nSPS) is 10.7. The lowest BCUT2D eigenvalue weighted by atomic mass is 10.3. The second kappa shape index (κ2) is 6.76. The van der Waals surface area contributed by atoms with Crippen LogP contribution in [0.25, 0.3) is 6.08 Å². The van der Waals surface area contributed by atoms with Crippen LogP contribution in [0, 0.1) is 10.1 Å². The molecule has 0 fully saturated rings. The van der Waals surface area contributed by atoms with Crippen LogP contribution < -0.4 is 5.32 Å². The predicted octanol–water partition coefficient (Wildman–Crippen LogP) is 3.91. The summed E-state index contributed by atoms with van der Waals surface area (Å²) in [6.45, 7) is 1.45. The van der Waals surface area contributed by atoms with Crippen molar-refractivity contribution in [1.82, 2.24) is 0 Å². The Morgan fingerprint density at radius 3 is 2.57 bits per heavy atom. The molecule has 0 unspecified atom stereocenters. The summed E-state index contributed by atoms with van der Waals surface area (Å²) in [6.07, 6.45) is 1.65. The van der Waals surface area contributed by atoms with Gasteiger partial charge in [-0.3, -0.25) is 14.9 Å². The fourth-order valence-electron chi connectivity index (χ4n) is 1.53. The minimum absolute atomic E-state index is 0.116. The van der Waals surface area contributed by atoms with E-state index in [1.54, 1.807) is 23.6 Å². The molecule has 1 N–H and O–H groups in total. The molecule has 1 heterocycles. The van der Waals surface area contributed by atoms with Gasteiger partial charge in [-0.2, -0.15) is 0 Å². The maximum Gasteiger partial charge on any atom is 0.433 e. The van der Waals surface area contributed by atoms with Crippen molar-refractivity contribution in [2.45, 2.75) is 11.8 Å². The molecule has 0 saturated carbocycles. The average molecular weight is 304 g/mol. The predicted molar refractivity (Wildman–Crippen MR) is 81.0 cm³/mol. The lowest BCUT2D eigenvalue weighted by Gasteiger charge is -2.02. The average Bonchev–Trinajstić information content (AvgIpc) is 2.89. The van der Waals surface area contributed by atoms with E-state index in [1.807, 2.05) is 12.1 Å². The fraction of sp³-hybridized carbons (Fsp3) is 0.0714. The van der Waals surface area contributed by atoms with Crippen LogP contribution in [0.1, 0.15) is 12.7 Å². The molecule has 0 aliphatic rings. The largest absolute Gasteiger partial charge is 0.433 e. The highest BCUT2D eigenvalue weighted by molar-refractivity contribution is 8.02. The van der Waals surface area contributed by atoms with Crippen molar-refractivity contribution in [2.75, 3.05) is 5.32 Å². The number of hydrogen-bond acceptors (Lipinski definition) is 5. The summed E-state index contributed by atoms with van der Waals surface area (Å²) < 4.78 is 5.00. The number of nitro groups is 1. The molecule has 0 saturated heterocycles. The zero-order valence-electron chi connectivity index (χ0n) is 11.1. The van der Waals surface area contributed by atoms with Gasteiger partial charge in [-0.25, -0.2) is 0 Å². The van der Waals surface area contributed by atoms with Gasteiger partial charge in [0.1, 0.15) is 10.7 Å². The zero-order chi connectivity index (χ0) is 15.2. The smallest absolute Gasteiger partial charge is 0.401 e. The maximum atomic E-state index is 10.9. The molecule has 1 aromatic carbocycles. The minimum atomic E-state index is -0.578. The summed E-state index contributed by atoms with van der Waals surface area (Å²) in [5, 5.41) is 14.9. The first-order chi connectivity index (χ1) is 10.0. The number of nitrogens with zero attached hydrogens (tertiary/aromatic N) is 1. The quantitative estimate of drug-likeness (QED) is 0.514. The van der Waals surface area contributed by atoms with Crippen LogP contribution in [-0.4, -0.2) is 10.8 Å². The second-order valence-corrected chi connectivity index (χ2v) is 5.04. The number of rotatable bonds is 5. The third kappa shape index (κ3) is 4.50. The van der Waals surface area contributed by atoms with E-state index < -0.39 is 4.92 Å². The Balaban J connectivity index is 1.94.